The third kappa shape index (κ3) is 2.63. The van der Waals surface area contributed by atoms with Crippen molar-refractivity contribution in [1.82, 2.24) is 15.3 Å². The zero-order valence-corrected chi connectivity index (χ0v) is 12.9. The molecule has 112 valence electrons. The first-order chi connectivity index (χ1) is 10.1. The third-order valence-electron chi connectivity index (χ3n) is 3.73. The Morgan fingerprint density at radius 1 is 1.62 bits per heavy atom. The van der Waals surface area contributed by atoms with Gasteiger partial charge in [-0.2, -0.15) is 0 Å². The molecule has 7 nitrogen and oxygen atoms in total. The van der Waals surface area contributed by atoms with Crippen LogP contribution in [0.25, 0.3) is 11.0 Å². The summed E-state index contributed by atoms with van der Waals surface area (Å²) in [7, 11) is 0. The van der Waals surface area contributed by atoms with E-state index in [1.807, 2.05) is 0 Å². The smallest absolute Gasteiger partial charge is 0.404 e. The maximum absolute atomic E-state index is 10.8. The molecular weight excluding hydrogens is 338 g/mol. The van der Waals surface area contributed by atoms with Crippen molar-refractivity contribution in [2.24, 2.45) is 0 Å². The highest BCUT2D eigenvalue weighted by Gasteiger charge is 2.25. The molecule has 3 heterocycles. The number of rotatable bonds is 2. The van der Waals surface area contributed by atoms with Crippen molar-refractivity contribution in [1.29, 1.82) is 0 Å². The molecule has 2 aromatic heterocycles. The monoisotopic (exact) mass is 353 g/mol. The average molecular weight is 354 g/mol. The lowest BCUT2D eigenvalue weighted by Gasteiger charge is -2.35. The van der Waals surface area contributed by atoms with E-state index in [2.05, 4.69) is 36.1 Å². The van der Waals surface area contributed by atoms with Gasteiger partial charge >= 0.3 is 6.09 Å². The molecule has 0 aromatic carbocycles. The molecule has 1 aliphatic rings. The van der Waals surface area contributed by atoms with Crippen LogP contribution in [0, 0.1) is 0 Å². The van der Waals surface area contributed by atoms with Crippen LogP contribution in [0.5, 0.6) is 0 Å². The summed E-state index contributed by atoms with van der Waals surface area (Å²) < 4.78 is 0.859. The Hall–Kier alpha value is -1.96. The number of hydrogen-bond donors (Lipinski definition) is 4. The van der Waals surface area contributed by atoms with E-state index in [0.29, 0.717) is 12.2 Å². The standard InChI is InChI=1S/C13H16BrN5O2/c14-8-4-16-12-10(9(15)5-17-12)11(8)19-3-1-2-7(6-19)18-13(20)21/h4-5,7,18H,1-3,6,15H2,(H,16,17)(H,20,21). The molecule has 1 saturated heterocycles. The Kier molecular flexibility index (Phi) is 3.62. The molecule has 0 spiro atoms. The van der Waals surface area contributed by atoms with E-state index in [1.165, 1.54) is 0 Å². The first kappa shape index (κ1) is 14.0. The number of nitrogens with two attached hydrogens (primary N) is 1. The summed E-state index contributed by atoms with van der Waals surface area (Å²) in [5.41, 5.74) is 8.38. The second-order valence-electron chi connectivity index (χ2n) is 5.16. The Morgan fingerprint density at radius 2 is 2.43 bits per heavy atom. The third-order valence-corrected chi connectivity index (χ3v) is 4.31. The first-order valence-corrected chi connectivity index (χ1v) is 7.51. The van der Waals surface area contributed by atoms with Crippen LogP contribution >= 0.6 is 15.9 Å². The van der Waals surface area contributed by atoms with Gasteiger partial charge < -0.3 is 26.0 Å². The van der Waals surface area contributed by atoms with Crippen molar-refractivity contribution in [2.45, 2.75) is 18.9 Å². The number of nitrogens with zero attached hydrogens (tertiary/aromatic N) is 2. The van der Waals surface area contributed by atoms with Gasteiger partial charge in [-0.3, -0.25) is 0 Å². The zero-order chi connectivity index (χ0) is 15.0. The van der Waals surface area contributed by atoms with E-state index in [-0.39, 0.29) is 6.04 Å². The second-order valence-corrected chi connectivity index (χ2v) is 6.01. The Balaban J connectivity index is 1.97. The molecular formula is C13H16BrN5O2. The summed E-state index contributed by atoms with van der Waals surface area (Å²) in [6.07, 6.45) is 4.25. The van der Waals surface area contributed by atoms with Crippen molar-refractivity contribution in [3.8, 4) is 0 Å². The molecule has 21 heavy (non-hydrogen) atoms. The lowest BCUT2D eigenvalue weighted by molar-refractivity contribution is 0.188. The number of aromatic amines is 1. The number of aromatic nitrogens is 2. The van der Waals surface area contributed by atoms with Crippen LogP contribution in [-0.2, 0) is 0 Å². The second kappa shape index (κ2) is 5.44. The summed E-state index contributed by atoms with van der Waals surface area (Å²) in [6.45, 7) is 1.48. The van der Waals surface area contributed by atoms with E-state index in [0.717, 1.165) is 40.6 Å². The molecule has 2 aromatic rings. The largest absolute Gasteiger partial charge is 0.465 e. The molecule has 1 atom stereocenters. The molecule has 1 unspecified atom stereocenters. The van der Waals surface area contributed by atoms with Gasteiger partial charge in [0.2, 0.25) is 0 Å². The van der Waals surface area contributed by atoms with Gasteiger partial charge in [-0.1, -0.05) is 0 Å². The van der Waals surface area contributed by atoms with Gasteiger partial charge in [0.1, 0.15) is 5.65 Å². The maximum Gasteiger partial charge on any atom is 0.404 e. The van der Waals surface area contributed by atoms with Crippen LogP contribution < -0.4 is 16.0 Å². The number of pyridine rings is 1. The van der Waals surface area contributed by atoms with Gasteiger partial charge in [-0.25, -0.2) is 9.78 Å². The lowest BCUT2D eigenvalue weighted by Crippen LogP contribution is -2.47. The fourth-order valence-corrected chi connectivity index (χ4v) is 3.41. The van der Waals surface area contributed by atoms with Crippen LogP contribution in [0.15, 0.2) is 16.9 Å². The fourth-order valence-electron chi connectivity index (χ4n) is 2.86. The van der Waals surface area contributed by atoms with E-state index in [4.69, 9.17) is 10.8 Å². The van der Waals surface area contributed by atoms with Crippen LogP contribution in [0.1, 0.15) is 12.8 Å². The minimum atomic E-state index is -0.984. The minimum Gasteiger partial charge on any atom is -0.465 e. The predicted octanol–water partition coefficient (Wildman–Crippen LogP) is 2.14. The normalized spacial score (nSPS) is 18.9. The van der Waals surface area contributed by atoms with Gasteiger partial charge in [0.15, 0.2) is 0 Å². The summed E-state index contributed by atoms with van der Waals surface area (Å²) in [5, 5.41) is 12.3. The Bertz CT molecular complexity index is 686. The average Bonchev–Trinajstić information content (AvgIpc) is 2.80. The van der Waals surface area contributed by atoms with E-state index >= 15 is 0 Å². The predicted molar refractivity (Wildman–Crippen MR) is 84.6 cm³/mol. The Labute approximate surface area is 129 Å². The van der Waals surface area contributed by atoms with Crippen molar-refractivity contribution in [2.75, 3.05) is 23.7 Å². The van der Waals surface area contributed by atoms with E-state index in [1.54, 1.807) is 12.4 Å². The molecule has 0 aliphatic carbocycles. The number of piperidine rings is 1. The number of anilines is 2. The summed E-state index contributed by atoms with van der Waals surface area (Å²) >= 11 is 3.53. The minimum absolute atomic E-state index is 0.0773. The number of halogens is 1. The van der Waals surface area contributed by atoms with Gasteiger partial charge in [-0.15, -0.1) is 0 Å². The van der Waals surface area contributed by atoms with Gasteiger partial charge in [0.25, 0.3) is 0 Å². The fraction of sp³-hybridized carbons (Fsp3) is 0.385. The molecule has 5 N–H and O–H groups in total. The summed E-state index contributed by atoms with van der Waals surface area (Å²) in [5.74, 6) is 0. The number of fused-ring (bicyclic) bond motifs is 1. The molecule has 0 radical (unpaired) electrons. The van der Waals surface area contributed by atoms with E-state index < -0.39 is 6.09 Å². The number of carbonyl (C=O) groups is 1. The van der Waals surface area contributed by atoms with Crippen LogP contribution in [0.3, 0.4) is 0 Å². The molecule has 0 bridgehead atoms. The number of nitrogens with one attached hydrogen (secondary N) is 2. The highest BCUT2D eigenvalue weighted by Crippen LogP contribution is 2.37. The first-order valence-electron chi connectivity index (χ1n) is 6.71. The van der Waals surface area contributed by atoms with Gasteiger partial charge in [-0.05, 0) is 28.8 Å². The quantitative estimate of drug-likeness (QED) is 0.661. The topological polar surface area (TPSA) is 107 Å². The molecule has 1 fully saturated rings. The Morgan fingerprint density at radius 3 is 3.19 bits per heavy atom. The molecule has 0 saturated carbocycles. The number of H-pyrrole nitrogens is 1. The summed E-state index contributed by atoms with van der Waals surface area (Å²) in [4.78, 5) is 20.3. The maximum atomic E-state index is 10.8. The number of carboxylic acid groups (broad SMARTS) is 1. The van der Waals surface area contributed by atoms with Gasteiger partial charge in [0.05, 0.1) is 21.2 Å². The van der Waals surface area contributed by atoms with Crippen LogP contribution in [0.4, 0.5) is 16.2 Å². The number of hydrogen-bond acceptors (Lipinski definition) is 4. The van der Waals surface area contributed by atoms with E-state index in [9.17, 15) is 4.79 Å². The van der Waals surface area contributed by atoms with Crippen molar-refractivity contribution in [3.63, 3.8) is 0 Å². The molecule has 8 heteroatoms. The van der Waals surface area contributed by atoms with Crippen molar-refractivity contribution >= 4 is 44.4 Å². The summed E-state index contributed by atoms with van der Waals surface area (Å²) in [6, 6.07) is -0.0773. The van der Waals surface area contributed by atoms with Crippen molar-refractivity contribution in [3.05, 3.63) is 16.9 Å². The van der Waals surface area contributed by atoms with Gasteiger partial charge in [0, 0.05) is 31.5 Å². The highest BCUT2D eigenvalue weighted by molar-refractivity contribution is 9.10. The van der Waals surface area contributed by atoms with Crippen LogP contribution in [-0.4, -0.2) is 40.3 Å². The highest BCUT2D eigenvalue weighted by atomic mass is 79.9. The number of nitrogen functional groups attached to an aromatic ring is 1. The van der Waals surface area contributed by atoms with Crippen molar-refractivity contribution < 1.29 is 9.90 Å². The molecule has 1 aliphatic heterocycles. The number of amides is 1. The van der Waals surface area contributed by atoms with Crippen LogP contribution in [0.2, 0.25) is 0 Å². The lowest BCUT2D eigenvalue weighted by atomic mass is 10.0. The SMILES string of the molecule is Nc1c[nH]c2ncc(Br)c(N3CCCC(NC(=O)O)C3)c12. The molecule has 1 amide bonds. The zero-order valence-electron chi connectivity index (χ0n) is 11.3. The molecule has 3 rings (SSSR count).